The summed E-state index contributed by atoms with van der Waals surface area (Å²) in [5.41, 5.74) is 4.20. The van der Waals surface area contributed by atoms with Gasteiger partial charge < -0.3 is 10.1 Å². The van der Waals surface area contributed by atoms with Crippen molar-refractivity contribution in [2.24, 2.45) is 0 Å². The number of methoxy groups -OCH3 is 1. The van der Waals surface area contributed by atoms with Crippen LogP contribution in [0.2, 0.25) is 0 Å². The highest BCUT2D eigenvalue weighted by Gasteiger charge is 2.17. The number of hydrogen-bond donors (Lipinski definition) is 1. The summed E-state index contributed by atoms with van der Waals surface area (Å²) in [6.07, 6.45) is 0. The van der Waals surface area contributed by atoms with Gasteiger partial charge in [0.15, 0.2) is 0 Å². The number of ether oxygens (including phenoxy) is 1. The Morgan fingerprint density at radius 1 is 1.20 bits per heavy atom. The lowest BCUT2D eigenvalue weighted by atomic mass is 9.97. The Morgan fingerprint density at radius 2 is 2.00 bits per heavy atom. The molecule has 2 aromatic rings. The molecule has 0 amide bonds. The number of aromatic nitrogens is 2. The van der Waals surface area contributed by atoms with E-state index >= 15 is 0 Å². The van der Waals surface area contributed by atoms with E-state index in [1.807, 2.05) is 26.0 Å². The number of hydrogen-bond acceptors (Lipinski definition) is 4. The second kappa shape index (κ2) is 6.48. The molecule has 1 aromatic carbocycles. The fraction of sp³-hybridized carbons (Fsp3) is 0.375. The molecule has 0 fully saturated rings. The first-order valence-corrected chi connectivity index (χ1v) is 6.83. The predicted molar refractivity (Wildman–Crippen MR) is 80.0 cm³/mol. The summed E-state index contributed by atoms with van der Waals surface area (Å²) in [6, 6.07) is 10.3. The molecule has 1 heterocycles. The minimum absolute atomic E-state index is 0.101. The van der Waals surface area contributed by atoms with Gasteiger partial charge in [-0.3, -0.25) is 0 Å². The SMILES string of the molecule is CCNC(c1cccc(OC)c1)c1cc(C)nnc1C. The maximum Gasteiger partial charge on any atom is 0.119 e. The first kappa shape index (κ1) is 14.5. The molecule has 1 unspecified atom stereocenters. The van der Waals surface area contributed by atoms with E-state index in [1.54, 1.807) is 7.11 Å². The molecule has 0 saturated heterocycles. The molecule has 1 N–H and O–H groups in total. The van der Waals surface area contributed by atoms with Gasteiger partial charge in [0, 0.05) is 0 Å². The van der Waals surface area contributed by atoms with Crippen molar-refractivity contribution < 1.29 is 4.74 Å². The molecule has 0 aliphatic heterocycles. The Labute approximate surface area is 120 Å². The molecule has 4 heteroatoms. The van der Waals surface area contributed by atoms with E-state index < -0.39 is 0 Å². The van der Waals surface area contributed by atoms with Crippen LogP contribution in [0, 0.1) is 13.8 Å². The number of rotatable bonds is 5. The van der Waals surface area contributed by atoms with Crippen LogP contribution in [0.25, 0.3) is 0 Å². The third kappa shape index (κ3) is 3.14. The maximum atomic E-state index is 5.32. The zero-order valence-electron chi connectivity index (χ0n) is 12.5. The second-order valence-electron chi connectivity index (χ2n) is 4.79. The summed E-state index contributed by atoms with van der Waals surface area (Å²) in [4.78, 5) is 0. The molecule has 4 nitrogen and oxygen atoms in total. The Hall–Kier alpha value is -1.94. The van der Waals surface area contributed by atoms with Gasteiger partial charge in [-0.05, 0) is 49.7 Å². The van der Waals surface area contributed by atoms with Gasteiger partial charge in [0.05, 0.1) is 24.5 Å². The Bertz CT molecular complexity index is 584. The fourth-order valence-corrected chi connectivity index (χ4v) is 2.29. The predicted octanol–water partition coefficient (Wildman–Crippen LogP) is 2.80. The van der Waals surface area contributed by atoms with Crippen LogP contribution >= 0.6 is 0 Å². The summed E-state index contributed by atoms with van der Waals surface area (Å²) in [7, 11) is 1.69. The van der Waals surface area contributed by atoms with Gasteiger partial charge in [0.25, 0.3) is 0 Å². The highest BCUT2D eigenvalue weighted by Crippen LogP contribution is 2.26. The number of benzene rings is 1. The fourth-order valence-electron chi connectivity index (χ4n) is 2.29. The van der Waals surface area contributed by atoms with E-state index in [4.69, 9.17) is 4.74 Å². The minimum Gasteiger partial charge on any atom is -0.497 e. The van der Waals surface area contributed by atoms with Gasteiger partial charge in [0.2, 0.25) is 0 Å². The average molecular weight is 271 g/mol. The van der Waals surface area contributed by atoms with E-state index in [0.717, 1.165) is 29.2 Å². The van der Waals surface area contributed by atoms with Gasteiger partial charge in [-0.2, -0.15) is 10.2 Å². The molecular weight excluding hydrogens is 250 g/mol. The van der Waals surface area contributed by atoms with E-state index in [1.165, 1.54) is 5.56 Å². The van der Waals surface area contributed by atoms with Crippen molar-refractivity contribution >= 4 is 0 Å². The molecular formula is C16H21N3O. The number of nitrogens with zero attached hydrogens (tertiary/aromatic N) is 2. The molecule has 1 atom stereocenters. The molecule has 0 aliphatic rings. The summed E-state index contributed by atoms with van der Waals surface area (Å²) in [6.45, 7) is 6.93. The summed E-state index contributed by atoms with van der Waals surface area (Å²) < 4.78 is 5.32. The van der Waals surface area contributed by atoms with Crippen LogP contribution in [0.4, 0.5) is 0 Å². The smallest absolute Gasteiger partial charge is 0.119 e. The summed E-state index contributed by atoms with van der Waals surface area (Å²) >= 11 is 0. The van der Waals surface area contributed by atoms with Gasteiger partial charge >= 0.3 is 0 Å². The topological polar surface area (TPSA) is 47.0 Å². The molecule has 1 aromatic heterocycles. The van der Waals surface area contributed by atoms with Crippen molar-refractivity contribution in [1.29, 1.82) is 0 Å². The Kier molecular flexibility index (Phi) is 4.69. The Morgan fingerprint density at radius 3 is 2.70 bits per heavy atom. The lowest BCUT2D eigenvalue weighted by Crippen LogP contribution is -2.23. The van der Waals surface area contributed by atoms with Gasteiger partial charge in [0.1, 0.15) is 5.75 Å². The lowest BCUT2D eigenvalue weighted by molar-refractivity contribution is 0.413. The zero-order chi connectivity index (χ0) is 14.5. The number of nitrogens with one attached hydrogen (secondary N) is 1. The molecule has 106 valence electrons. The number of aryl methyl sites for hydroxylation is 2. The van der Waals surface area contributed by atoms with Gasteiger partial charge in [-0.1, -0.05) is 19.1 Å². The first-order chi connectivity index (χ1) is 9.65. The standard InChI is InChI=1S/C16H21N3O/c1-5-17-16(13-7-6-8-14(10-13)20-4)15-9-11(2)18-19-12(15)3/h6-10,16-17H,5H2,1-4H3. The van der Waals surface area contributed by atoms with Crippen LogP contribution in [0.1, 0.15) is 35.5 Å². The summed E-state index contributed by atoms with van der Waals surface area (Å²) in [5.74, 6) is 0.863. The molecule has 0 spiro atoms. The average Bonchev–Trinajstić information content (AvgIpc) is 2.47. The third-order valence-electron chi connectivity index (χ3n) is 3.29. The molecule has 0 aliphatic carbocycles. The highest BCUT2D eigenvalue weighted by molar-refractivity contribution is 5.38. The maximum absolute atomic E-state index is 5.32. The monoisotopic (exact) mass is 271 g/mol. The highest BCUT2D eigenvalue weighted by atomic mass is 16.5. The second-order valence-corrected chi connectivity index (χ2v) is 4.79. The molecule has 0 bridgehead atoms. The molecule has 0 saturated carbocycles. The summed E-state index contributed by atoms with van der Waals surface area (Å²) in [5, 5.41) is 11.8. The molecule has 0 radical (unpaired) electrons. The quantitative estimate of drug-likeness (QED) is 0.908. The van der Waals surface area contributed by atoms with Crippen molar-refractivity contribution in [3.63, 3.8) is 0 Å². The minimum atomic E-state index is 0.101. The lowest BCUT2D eigenvalue weighted by Gasteiger charge is -2.21. The van der Waals surface area contributed by atoms with Crippen molar-refractivity contribution in [3.8, 4) is 5.75 Å². The largest absolute Gasteiger partial charge is 0.497 e. The van der Waals surface area contributed by atoms with Gasteiger partial charge in [-0.25, -0.2) is 0 Å². The van der Waals surface area contributed by atoms with Crippen molar-refractivity contribution in [2.75, 3.05) is 13.7 Å². The van der Waals surface area contributed by atoms with E-state index in [0.29, 0.717) is 0 Å². The van der Waals surface area contributed by atoms with Crippen molar-refractivity contribution in [2.45, 2.75) is 26.8 Å². The van der Waals surface area contributed by atoms with E-state index in [2.05, 4.69) is 40.6 Å². The van der Waals surface area contributed by atoms with Crippen molar-refractivity contribution in [1.82, 2.24) is 15.5 Å². The van der Waals surface area contributed by atoms with Crippen LogP contribution < -0.4 is 10.1 Å². The van der Waals surface area contributed by atoms with Crippen LogP contribution in [-0.2, 0) is 0 Å². The molecule has 2 rings (SSSR count). The normalized spacial score (nSPS) is 12.2. The van der Waals surface area contributed by atoms with Gasteiger partial charge in [-0.15, -0.1) is 0 Å². The zero-order valence-corrected chi connectivity index (χ0v) is 12.5. The van der Waals surface area contributed by atoms with Crippen LogP contribution in [0.3, 0.4) is 0 Å². The van der Waals surface area contributed by atoms with Crippen LogP contribution in [0.15, 0.2) is 30.3 Å². The Balaban J connectivity index is 2.46. The first-order valence-electron chi connectivity index (χ1n) is 6.83. The van der Waals surface area contributed by atoms with E-state index in [9.17, 15) is 0 Å². The van der Waals surface area contributed by atoms with Crippen molar-refractivity contribution in [3.05, 3.63) is 52.8 Å². The van der Waals surface area contributed by atoms with Crippen LogP contribution in [0.5, 0.6) is 5.75 Å². The third-order valence-corrected chi connectivity index (χ3v) is 3.29. The molecule has 20 heavy (non-hydrogen) atoms. The van der Waals surface area contributed by atoms with E-state index in [-0.39, 0.29) is 6.04 Å². The van der Waals surface area contributed by atoms with Crippen LogP contribution in [-0.4, -0.2) is 23.9 Å².